The summed E-state index contributed by atoms with van der Waals surface area (Å²) in [7, 11) is 2.35. The second-order valence-corrected chi connectivity index (χ2v) is 4.41. The van der Waals surface area contributed by atoms with Gasteiger partial charge in [0.2, 0.25) is 0 Å². The zero-order valence-electron chi connectivity index (χ0n) is 8.02. The molecule has 0 aromatic heterocycles. The van der Waals surface area contributed by atoms with E-state index < -0.39 is 0 Å². The van der Waals surface area contributed by atoms with Crippen LogP contribution in [-0.4, -0.2) is 17.1 Å². The monoisotopic (exact) mass is 152 g/mol. The maximum atomic E-state index is 2.40. The summed E-state index contributed by atoms with van der Waals surface area (Å²) in [5, 5.41) is 0. The molecule has 3 unspecified atom stereocenters. The molecule has 11 heavy (non-hydrogen) atoms. The quantitative estimate of drug-likeness (QED) is 0.533. The lowest BCUT2D eigenvalue weighted by Gasteiger charge is -2.25. The summed E-state index contributed by atoms with van der Waals surface area (Å²) in [4.78, 5) is 0. The van der Waals surface area contributed by atoms with E-state index >= 15 is 0 Å². The zero-order valence-corrected chi connectivity index (χ0v) is 8.02. The highest BCUT2D eigenvalue weighted by atomic mass is 15.5. The van der Waals surface area contributed by atoms with Crippen molar-refractivity contribution in [1.29, 1.82) is 0 Å². The molecule has 0 radical (unpaired) electrons. The fraction of sp³-hybridized carbons (Fsp3) is 0.800. The second kappa shape index (κ2) is 1.71. The molecule has 1 saturated carbocycles. The minimum absolute atomic E-state index is 0.615. The lowest BCUT2D eigenvalue weighted by Crippen LogP contribution is -2.38. The highest BCUT2D eigenvalue weighted by molar-refractivity contribution is 5.14. The van der Waals surface area contributed by atoms with E-state index in [4.69, 9.17) is 0 Å². The average molecular weight is 152 g/mol. The molecule has 0 bridgehead atoms. The Balaban J connectivity index is 2.17. The molecule has 1 heterocycles. The highest BCUT2D eigenvalue weighted by Gasteiger charge is 2.68. The summed E-state index contributed by atoms with van der Waals surface area (Å²) in [6, 6.07) is 0. The lowest BCUT2D eigenvalue weighted by molar-refractivity contribution is -0.800. The molecule has 2 rings (SSSR count). The summed E-state index contributed by atoms with van der Waals surface area (Å²) < 4.78 is 1.17. The number of nitrogens with zero attached hydrogens (tertiary/aromatic N) is 1. The number of hydrogen-bond acceptors (Lipinski definition) is 0. The van der Waals surface area contributed by atoms with Crippen molar-refractivity contribution in [3.8, 4) is 0 Å². The van der Waals surface area contributed by atoms with Crippen molar-refractivity contribution < 1.29 is 4.48 Å². The van der Waals surface area contributed by atoms with Crippen LogP contribution in [0.15, 0.2) is 11.9 Å². The predicted octanol–water partition coefficient (Wildman–Crippen LogP) is 2.50. The van der Waals surface area contributed by atoms with Crippen LogP contribution in [0.25, 0.3) is 0 Å². The number of allylic oxidation sites excluding steroid dienone is 1. The van der Waals surface area contributed by atoms with Gasteiger partial charge in [0.15, 0.2) is 11.9 Å². The van der Waals surface area contributed by atoms with Crippen molar-refractivity contribution in [3.05, 3.63) is 11.9 Å². The van der Waals surface area contributed by atoms with Crippen LogP contribution in [0.1, 0.15) is 33.6 Å². The molecule has 0 N–H and O–H groups in total. The smallest absolute Gasteiger partial charge is 0.165 e. The third-order valence-electron chi connectivity index (χ3n) is 4.06. The first kappa shape index (κ1) is 7.35. The van der Waals surface area contributed by atoms with Crippen LogP contribution >= 0.6 is 0 Å². The Morgan fingerprint density at radius 1 is 1.73 bits per heavy atom. The molecule has 0 saturated heterocycles. The standard InChI is InChI=1S/C10H18N/c1-5-10(6-8(10)2)11(4)7-9(11)3/h7-8H,5-6H2,1-4H3/q+1. The van der Waals surface area contributed by atoms with Gasteiger partial charge in [-0.1, -0.05) is 13.8 Å². The summed E-state index contributed by atoms with van der Waals surface area (Å²) >= 11 is 0. The van der Waals surface area contributed by atoms with Gasteiger partial charge in [-0.05, 0) is 0 Å². The second-order valence-electron chi connectivity index (χ2n) is 4.41. The molecule has 1 aliphatic carbocycles. The van der Waals surface area contributed by atoms with Crippen molar-refractivity contribution in [1.82, 2.24) is 0 Å². The molecule has 1 nitrogen and oxygen atoms in total. The normalized spacial score (nSPS) is 53.8. The molecule has 0 aromatic rings. The van der Waals surface area contributed by atoms with E-state index in [0.717, 1.165) is 5.92 Å². The highest BCUT2D eigenvalue weighted by Crippen LogP contribution is 2.60. The van der Waals surface area contributed by atoms with Gasteiger partial charge in [-0.3, -0.25) is 4.48 Å². The van der Waals surface area contributed by atoms with Crippen LogP contribution in [0.4, 0.5) is 0 Å². The minimum Gasteiger partial charge on any atom is -0.257 e. The first-order valence-electron chi connectivity index (χ1n) is 4.63. The molecule has 0 spiro atoms. The SMILES string of the molecule is CCC1([N+]2(C)C=C2C)CC1C. The van der Waals surface area contributed by atoms with Crippen LogP contribution in [-0.2, 0) is 0 Å². The molecule has 1 fully saturated rings. The number of hydrogen-bond donors (Lipinski definition) is 0. The Hall–Kier alpha value is -0.300. The van der Waals surface area contributed by atoms with E-state index in [1.54, 1.807) is 5.70 Å². The molecule has 1 aliphatic heterocycles. The van der Waals surface area contributed by atoms with Crippen LogP contribution in [0.2, 0.25) is 0 Å². The topological polar surface area (TPSA) is 0 Å². The molecule has 3 atom stereocenters. The van der Waals surface area contributed by atoms with E-state index in [1.807, 2.05) is 0 Å². The first-order valence-corrected chi connectivity index (χ1v) is 4.63. The van der Waals surface area contributed by atoms with E-state index in [9.17, 15) is 0 Å². The molecule has 1 heteroatoms. The molecule has 2 aliphatic rings. The van der Waals surface area contributed by atoms with E-state index in [0.29, 0.717) is 5.54 Å². The van der Waals surface area contributed by atoms with Crippen LogP contribution in [0.3, 0.4) is 0 Å². The Kier molecular flexibility index (Phi) is 1.15. The van der Waals surface area contributed by atoms with Crippen molar-refractivity contribution in [2.24, 2.45) is 5.92 Å². The maximum Gasteiger partial charge on any atom is 0.165 e. The molecular formula is C10H18N+. The number of rotatable bonds is 2. The molecule has 0 amide bonds. The minimum atomic E-state index is 0.615. The van der Waals surface area contributed by atoms with Crippen LogP contribution < -0.4 is 0 Å². The van der Waals surface area contributed by atoms with Gasteiger partial charge < -0.3 is 0 Å². The van der Waals surface area contributed by atoms with Gasteiger partial charge >= 0.3 is 0 Å². The van der Waals surface area contributed by atoms with Crippen molar-refractivity contribution in [2.75, 3.05) is 7.05 Å². The summed E-state index contributed by atoms with van der Waals surface area (Å²) in [6.07, 6.45) is 5.15. The van der Waals surface area contributed by atoms with Gasteiger partial charge in [-0.2, -0.15) is 0 Å². The fourth-order valence-electron chi connectivity index (χ4n) is 2.76. The third-order valence-corrected chi connectivity index (χ3v) is 4.06. The third kappa shape index (κ3) is 0.652. The van der Waals surface area contributed by atoms with Crippen molar-refractivity contribution >= 4 is 0 Å². The fourth-order valence-corrected chi connectivity index (χ4v) is 2.76. The largest absolute Gasteiger partial charge is 0.257 e. The van der Waals surface area contributed by atoms with Gasteiger partial charge in [0.05, 0.1) is 7.05 Å². The molecular weight excluding hydrogens is 134 g/mol. The Morgan fingerprint density at radius 3 is 2.27 bits per heavy atom. The zero-order chi connectivity index (χ0) is 8.28. The summed E-state index contributed by atoms with van der Waals surface area (Å²) in [5.74, 6) is 0.936. The van der Waals surface area contributed by atoms with Gasteiger partial charge in [-0.25, -0.2) is 0 Å². The van der Waals surface area contributed by atoms with Gasteiger partial charge in [0, 0.05) is 25.7 Å². The maximum absolute atomic E-state index is 2.40. The van der Waals surface area contributed by atoms with E-state index in [1.165, 1.54) is 17.3 Å². The van der Waals surface area contributed by atoms with E-state index in [-0.39, 0.29) is 0 Å². The Labute approximate surface area is 69.3 Å². The summed E-state index contributed by atoms with van der Waals surface area (Å²) in [6.45, 7) is 6.96. The van der Waals surface area contributed by atoms with Gasteiger partial charge in [0.25, 0.3) is 0 Å². The lowest BCUT2D eigenvalue weighted by atomic mass is 10.1. The summed E-state index contributed by atoms with van der Waals surface area (Å²) in [5.41, 5.74) is 2.18. The predicted molar refractivity (Wildman–Crippen MR) is 46.7 cm³/mol. The first-order chi connectivity index (χ1) is 5.07. The van der Waals surface area contributed by atoms with Gasteiger partial charge in [-0.15, -0.1) is 0 Å². The van der Waals surface area contributed by atoms with E-state index in [2.05, 4.69) is 34.0 Å². The van der Waals surface area contributed by atoms with Crippen molar-refractivity contribution in [3.63, 3.8) is 0 Å². The average Bonchev–Trinajstić information content (AvgIpc) is 2.76. The molecule has 62 valence electrons. The van der Waals surface area contributed by atoms with Crippen LogP contribution in [0.5, 0.6) is 0 Å². The number of quaternary nitrogens is 1. The molecule has 0 aromatic carbocycles. The Bertz CT molecular complexity index is 227. The van der Waals surface area contributed by atoms with Gasteiger partial charge in [0.1, 0.15) is 5.54 Å². The van der Waals surface area contributed by atoms with Crippen LogP contribution in [0, 0.1) is 5.92 Å². The van der Waals surface area contributed by atoms with Crippen molar-refractivity contribution in [2.45, 2.75) is 39.2 Å². The Morgan fingerprint density at radius 2 is 2.18 bits per heavy atom.